The van der Waals surface area contributed by atoms with Gasteiger partial charge >= 0.3 is 0 Å². The van der Waals surface area contributed by atoms with E-state index in [1.54, 1.807) is 11.3 Å². The molecule has 2 aliphatic heterocycles. The second-order valence-electron chi connectivity index (χ2n) is 9.07. The molecule has 3 aromatic rings. The highest BCUT2D eigenvalue weighted by molar-refractivity contribution is 7.13. The highest BCUT2D eigenvalue weighted by Crippen LogP contribution is 2.34. The Morgan fingerprint density at radius 3 is 2.72 bits per heavy atom. The number of fused-ring (bicyclic) bond motifs is 1. The van der Waals surface area contributed by atoms with E-state index in [0.717, 1.165) is 76.1 Å². The lowest BCUT2D eigenvalue weighted by Crippen LogP contribution is -2.36. The van der Waals surface area contributed by atoms with Crippen molar-refractivity contribution >= 4 is 33.1 Å². The Hall–Kier alpha value is -2.22. The summed E-state index contributed by atoms with van der Waals surface area (Å²) in [5, 5.41) is 4.60. The molecule has 2 aromatic heterocycles. The average molecular weight is 452 g/mol. The Morgan fingerprint density at radius 1 is 1.00 bits per heavy atom. The molecule has 32 heavy (non-hydrogen) atoms. The van der Waals surface area contributed by atoms with Gasteiger partial charge in [0.15, 0.2) is 5.13 Å². The van der Waals surface area contributed by atoms with Crippen molar-refractivity contribution in [2.75, 3.05) is 62.3 Å². The van der Waals surface area contributed by atoms with Gasteiger partial charge in [0.05, 0.1) is 30.1 Å². The third kappa shape index (κ3) is 4.60. The summed E-state index contributed by atoms with van der Waals surface area (Å²) in [6.07, 6.45) is 3.08. The molecule has 2 aliphatic rings. The van der Waals surface area contributed by atoms with Crippen LogP contribution in [0.5, 0.6) is 0 Å². The van der Waals surface area contributed by atoms with Crippen molar-refractivity contribution in [2.45, 2.75) is 32.7 Å². The smallest absolute Gasteiger partial charge is 0.185 e. The van der Waals surface area contributed by atoms with Gasteiger partial charge < -0.3 is 14.5 Å². The van der Waals surface area contributed by atoms with Gasteiger partial charge in [0, 0.05) is 62.8 Å². The van der Waals surface area contributed by atoms with Gasteiger partial charge in [0.2, 0.25) is 0 Å². The van der Waals surface area contributed by atoms with Gasteiger partial charge in [-0.2, -0.15) is 0 Å². The molecule has 0 saturated carbocycles. The largest absolute Gasteiger partial charge is 0.378 e. The van der Waals surface area contributed by atoms with E-state index in [2.05, 4.69) is 52.1 Å². The number of anilines is 2. The number of benzene rings is 1. The average Bonchev–Trinajstić information content (AvgIpc) is 3.17. The van der Waals surface area contributed by atoms with Crippen molar-refractivity contribution in [1.82, 2.24) is 14.9 Å². The van der Waals surface area contributed by atoms with E-state index in [-0.39, 0.29) is 0 Å². The van der Waals surface area contributed by atoms with E-state index in [9.17, 15) is 0 Å². The molecule has 0 N–H and O–H groups in total. The van der Waals surface area contributed by atoms with Crippen molar-refractivity contribution in [2.24, 2.45) is 0 Å². The summed E-state index contributed by atoms with van der Waals surface area (Å²) >= 11 is 1.77. The van der Waals surface area contributed by atoms with Gasteiger partial charge in [-0.05, 0) is 24.0 Å². The van der Waals surface area contributed by atoms with Gasteiger partial charge in [0.1, 0.15) is 0 Å². The van der Waals surface area contributed by atoms with Gasteiger partial charge in [-0.25, -0.2) is 4.98 Å². The minimum absolute atomic E-state index is 0.476. The van der Waals surface area contributed by atoms with Crippen molar-refractivity contribution in [3.8, 4) is 0 Å². The van der Waals surface area contributed by atoms with Crippen LogP contribution in [0.25, 0.3) is 10.9 Å². The first-order valence-electron chi connectivity index (χ1n) is 11.8. The van der Waals surface area contributed by atoms with E-state index in [0.29, 0.717) is 5.92 Å². The predicted octanol–water partition coefficient (Wildman–Crippen LogP) is 4.36. The summed E-state index contributed by atoms with van der Waals surface area (Å²) in [6, 6.07) is 8.73. The zero-order chi connectivity index (χ0) is 21.9. The molecule has 0 bridgehead atoms. The predicted molar refractivity (Wildman–Crippen MR) is 133 cm³/mol. The van der Waals surface area contributed by atoms with Crippen molar-refractivity contribution in [3.63, 3.8) is 0 Å². The number of ether oxygens (including phenoxy) is 1. The highest BCUT2D eigenvalue weighted by atomic mass is 32.1. The van der Waals surface area contributed by atoms with Crippen LogP contribution in [0.2, 0.25) is 0 Å². The maximum Gasteiger partial charge on any atom is 0.185 e. The van der Waals surface area contributed by atoms with Gasteiger partial charge in [0.25, 0.3) is 0 Å². The molecule has 7 heteroatoms. The zero-order valence-electron chi connectivity index (χ0n) is 19.2. The Labute approximate surface area is 194 Å². The molecule has 1 aromatic carbocycles. The standard InChI is InChI=1S/C25H33N5OS/c1-19(2)22-7-6-20-5-3-8-26-23(20)24(22)29-10-4-9-28(11-12-29)17-21-18-32-25(27-21)30-13-15-31-16-14-30/h3,5-8,18-19H,4,9-17H2,1-2H3. The quantitative estimate of drug-likeness (QED) is 0.574. The Balaban J connectivity index is 1.30. The van der Waals surface area contributed by atoms with Gasteiger partial charge in [-0.15, -0.1) is 11.3 Å². The summed E-state index contributed by atoms with van der Waals surface area (Å²) in [5.74, 6) is 0.476. The van der Waals surface area contributed by atoms with Crippen LogP contribution in [0.1, 0.15) is 37.4 Å². The van der Waals surface area contributed by atoms with E-state index in [1.165, 1.54) is 22.3 Å². The Bertz CT molecular complexity index is 1050. The van der Waals surface area contributed by atoms with Crippen LogP contribution in [0.4, 0.5) is 10.8 Å². The van der Waals surface area contributed by atoms with E-state index in [4.69, 9.17) is 14.7 Å². The molecule has 6 nitrogen and oxygen atoms in total. The van der Waals surface area contributed by atoms with Crippen LogP contribution in [0, 0.1) is 0 Å². The lowest BCUT2D eigenvalue weighted by molar-refractivity contribution is 0.122. The molecule has 0 amide bonds. The number of nitrogens with zero attached hydrogens (tertiary/aromatic N) is 5. The number of hydrogen-bond acceptors (Lipinski definition) is 7. The van der Waals surface area contributed by atoms with Crippen LogP contribution in [0.3, 0.4) is 0 Å². The van der Waals surface area contributed by atoms with Crippen LogP contribution < -0.4 is 9.80 Å². The first-order chi connectivity index (χ1) is 15.7. The molecule has 4 heterocycles. The fourth-order valence-corrected chi connectivity index (χ4v) is 5.66. The number of pyridine rings is 1. The summed E-state index contributed by atoms with van der Waals surface area (Å²) in [7, 11) is 0. The zero-order valence-corrected chi connectivity index (χ0v) is 20.0. The fraction of sp³-hybridized carbons (Fsp3) is 0.520. The number of morpholine rings is 1. The number of thiazole rings is 1. The minimum Gasteiger partial charge on any atom is -0.378 e. The third-order valence-electron chi connectivity index (χ3n) is 6.51. The fourth-order valence-electron chi connectivity index (χ4n) is 4.79. The number of hydrogen-bond donors (Lipinski definition) is 0. The Morgan fingerprint density at radius 2 is 1.88 bits per heavy atom. The van der Waals surface area contributed by atoms with Crippen molar-refractivity contribution < 1.29 is 4.74 Å². The van der Waals surface area contributed by atoms with Crippen molar-refractivity contribution in [1.29, 1.82) is 0 Å². The summed E-state index contributed by atoms with van der Waals surface area (Å²) in [4.78, 5) is 17.2. The topological polar surface area (TPSA) is 44.7 Å². The first-order valence-corrected chi connectivity index (χ1v) is 12.7. The van der Waals surface area contributed by atoms with Crippen LogP contribution >= 0.6 is 11.3 Å². The molecule has 0 radical (unpaired) electrons. The van der Waals surface area contributed by atoms with E-state index < -0.39 is 0 Å². The molecule has 2 saturated heterocycles. The normalized spacial score (nSPS) is 18.5. The maximum absolute atomic E-state index is 5.48. The van der Waals surface area contributed by atoms with Gasteiger partial charge in [-0.3, -0.25) is 9.88 Å². The molecule has 2 fully saturated rings. The summed E-state index contributed by atoms with van der Waals surface area (Å²) in [6.45, 7) is 13.2. The van der Waals surface area contributed by atoms with E-state index >= 15 is 0 Å². The van der Waals surface area contributed by atoms with Crippen molar-refractivity contribution in [3.05, 3.63) is 47.1 Å². The van der Waals surface area contributed by atoms with E-state index in [1.807, 2.05) is 12.3 Å². The second-order valence-corrected chi connectivity index (χ2v) is 9.91. The number of rotatable bonds is 5. The lowest BCUT2D eigenvalue weighted by Gasteiger charge is -2.28. The monoisotopic (exact) mass is 451 g/mol. The number of aromatic nitrogens is 2. The summed E-state index contributed by atoms with van der Waals surface area (Å²) < 4.78 is 5.48. The maximum atomic E-state index is 5.48. The first kappa shape index (κ1) is 21.6. The molecular formula is C25H33N5OS. The van der Waals surface area contributed by atoms with Crippen LogP contribution in [0.15, 0.2) is 35.8 Å². The molecule has 0 atom stereocenters. The second kappa shape index (κ2) is 9.73. The summed E-state index contributed by atoms with van der Waals surface area (Å²) in [5.41, 5.74) is 5.07. The molecule has 0 aliphatic carbocycles. The molecule has 0 unspecified atom stereocenters. The molecule has 0 spiro atoms. The van der Waals surface area contributed by atoms with Crippen LogP contribution in [-0.4, -0.2) is 67.4 Å². The van der Waals surface area contributed by atoms with Crippen LogP contribution in [-0.2, 0) is 11.3 Å². The van der Waals surface area contributed by atoms with Gasteiger partial charge in [-0.1, -0.05) is 32.0 Å². The molecule has 5 rings (SSSR count). The third-order valence-corrected chi connectivity index (χ3v) is 7.46. The Kier molecular flexibility index (Phi) is 6.57. The highest BCUT2D eigenvalue weighted by Gasteiger charge is 2.22. The molecular weight excluding hydrogens is 418 g/mol. The minimum atomic E-state index is 0.476. The SMILES string of the molecule is CC(C)c1ccc2cccnc2c1N1CCCN(Cc2csc(N3CCOCC3)n2)CC1. The molecule has 170 valence electrons. The lowest BCUT2D eigenvalue weighted by atomic mass is 9.97.